The normalized spacial score (nSPS) is 11.0. The summed E-state index contributed by atoms with van der Waals surface area (Å²) in [6.07, 6.45) is 0.726. The molecule has 0 aromatic rings. The van der Waals surface area contributed by atoms with Crippen LogP contribution >= 0.6 is 0 Å². The molecule has 9 heavy (non-hydrogen) atoms. The van der Waals surface area contributed by atoms with Crippen LogP contribution < -0.4 is 11.1 Å². The third kappa shape index (κ3) is 4.60. The van der Waals surface area contributed by atoms with Crippen LogP contribution in [-0.4, -0.2) is 11.5 Å². The summed E-state index contributed by atoms with van der Waals surface area (Å²) in [4.78, 5) is 9.09. The zero-order valence-corrected chi connectivity index (χ0v) is 5.13. The van der Waals surface area contributed by atoms with Crippen LogP contribution in [0.3, 0.4) is 0 Å². The highest BCUT2D eigenvalue weighted by molar-refractivity contribution is 4.85. The second-order valence-corrected chi connectivity index (χ2v) is 1.40. The summed E-state index contributed by atoms with van der Waals surface area (Å²) in [6, 6.07) is 0. The van der Waals surface area contributed by atoms with Gasteiger partial charge in [-0.3, -0.25) is 10.1 Å². The number of nitrogens with zero attached hydrogens (tertiary/aromatic N) is 1. The minimum Gasteiger partial charge on any atom is -0.380 e. The Morgan fingerprint density at radius 3 is 2.89 bits per heavy atom. The van der Waals surface area contributed by atoms with Crippen molar-refractivity contribution >= 4 is 0 Å². The van der Waals surface area contributed by atoms with Gasteiger partial charge in [0.1, 0.15) is 0 Å². The van der Waals surface area contributed by atoms with Crippen molar-refractivity contribution < 1.29 is 4.92 Å². The van der Waals surface area contributed by atoms with E-state index in [9.17, 15) is 10.1 Å². The standard InChI is InChI=1S/C4H9N3O2/c1-2-6-4(5)3-7(8)9/h3,6H,2,5H2,1H3/b4-3+. The van der Waals surface area contributed by atoms with E-state index in [1.165, 1.54) is 0 Å². The van der Waals surface area contributed by atoms with Crippen molar-refractivity contribution in [2.45, 2.75) is 6.92 Å². The minimum atomic E-state index is -0.599. The van der Waals surface area contributed by atoms with Gasteiger partial charge in [0.25, 0.3) is 6.20 Å². The van der Waals surface area contributed by atoms with Gasteiger partial charge in [-0.15, -0.1) is 0 Å². The van der Waals surface area contributed by atoms with Crippen molar-refractivity contribution in [2.75, 3.05) is 6.54 Å². The van der Waals surface area contributed by atoms with Crippen LogP contribution in [0.5, 0.6) is 0 Å². The highest BCUT2D eigenvalue weighted by Gasteiger charge is 1.91. The second-order valence-electron chi connectivity index (χ2n) is 1.40. The maximum absolute atomic E-state index is 9.69. The van der Waals surface area contributed by atoms with E-state index in [-0.39, 0.29) is 5.82 Å². The van der Waals surface area contributed by atoms with E-state index in [0.717, 1.165) is 6.20 Å². The van der Waals surface area contributed by atoms with Crippen molar-refractivity contribution in [3.05, 3.63) is 22.1 Å². The van der Waals surface area contributed by atoms with E-state index in [0.29, 0.717) is 6.54 Å². The minimum absolute atomic E-state index is 0.0856. The molecule has 0 aliphatic carbocycles. The Morgan fingerprint density at radius 2 is 2.56 bits per heavy atom. The van der Waals surface area contributed by atoms with Gasteiger partial charge in [0.15, 0.2) is 5.82 Å². The Bertz CT molecular complexity index is 132. The van der Waals surface area contributed by atoms with Crippen LogP contribution in [-0.2, 0) is 0 Å². The van der Waals surface area contributed by atoms with Crippen LogP contribution in [0.25, 0.3) is 0 Å². The summed E-state index contributed by atoms with van der Waals surface area (Å²) in [5.74, 6) is 0.0856. The molecule has 0 rings (SSSR count). The van der Waals surface area contributed by atoms with Crippen molar-refractivity contribution in [3.8, 4) is 0 Å². The Hall–Kier alpha value is -1.26. The van der Waals surface area contributed by atoms with Gasteiger partial charge in [-0.2, -0.15) is 0 Å². The highest BCUT2D eigenvalue weighted by atomic mass is 16.6. The van der Waals surface area contributed by atoms with Gasteiger partial charge in [-0.05, 0) is 6.92 Å². The first-order chi connectivity index (χ1) is 4.16. The van der Waals surface area contributed by atoms with E-state index in [4.69, 9.17) is 5.73 Å². The third-order valence-electron chi connectivity index (χ3n) is 0.625. The van der Waals surface area contributed by atoms with Gasteiger partial charge in [0.05, 0.1) is 4.92 Å². The van der Waals surface area contributed by atoms with E-state index >= 15 is 0 Å². The molecule has 0 heterocycles. The first kappa shape index (κ1) is 7.74. The first-order valence-electron chi connectivity index (χ1n) is 2.51. The molecule has 0 amide bonds. The number of rotatable bonds is 3. The molecule has 0 bridgehead atoms. The number of hydrogen-bond donors (Lipinski definition) is 2. The topological polar surface area (TPSA) is 81.2 Å². The number of hydrogen-bond acceptors (Lipinski definition) is 4. The molecule has 5 heteroatoms. The second kappa shape index (κ2) is 3.71. The lowest BCUT2D eigenvalue weighted by atomic mass is 10.7. The fourth-order valence-electron chi connectivity index (χ4n) is 0.363. The smallest absolute Gasteiger partial charge is 0.273 e. The molecule has 3 N–H and O–H groups in total. The van der Waals surface area contributed by atoms with Crippen LogP contribution in [0.4, 0.5) is 0 Å². The van der Waals surface area contributed by atoms with Gasteiger partial charge in [0.2, 0.25) is 0 Å². The molecular weight excluding hydrogens is 122 g/mol. The lowest BCUT2D eigenvalue weighted by Gasteiger charge is -1.95. The SMILES string of the molecule is CCN/C(N)=C/[N+](=O)[O-]. The van der Waals surface area contributed by atoms with Crippen LogP contribution in [0.1, 0.15) is 6.92 Å². The van der Waals surface area contributed by atoms with E-state index < -0.39 is 4.92 Å². The highest BCUT2D eigenvalue weighted by Crippen LogP contribution is 1.75. The summed E-state index contributed by atoms with van der Waals surface area (Å²) in [5.41, 5.74) is 5.09. The number of nitrogens with two attached hydrogens (primary N) is 1. The fraction of sp³-hybridized carbons (Fsp3) is 0.500. The summed E-state index contributed by atoms with van der Waals surface area (Å²) in [7, 11) is 0. The lowest BCUT2D eigenvalue weighted by molar-refractivity contribution is -0.403. The number of nitro groups is 1. The zero-order chi connectivity index (χ0) is 7.28. The fourth-order valence-corrected chi connectivity index (χ4v) is 0.363. The predicted molar refractivity (Wildman–Crippen MR) is 32.9 cm³/mol. The largest absolute Gasteiger partial charge is 0.380 e. The van der Waals surface area contributed by atoms with Crippen molar-refractivity contribution in [1.82, 2.24) is 5.32 Å². The molecule has 0 aliphatic rings. The van der Waals surface area contributed by atoms with Crippen LogP contribution in [0.2, 0.25) is 0 Å². The predicted octanol–water partition coefficient (Wildman–Crippen LogP) is -0.370. The van der Waals surface area contributed by atoms with E-state index in [2.05, 4.69) is 5.32 Å². The van der Waals surface area contributed by atoms with E-state index in [1.54, 1.807) is 6.92 Å². The van der Waals surface area contributed by atoms with Crippen LogP contribution in [0, 0.1) is 10.1 Å². The molecule has 0 saturated heterocycles. The average Bonchev–Trinajstić information content (AvgIpc) is 1.63. The molecule has 0 aromatic carbocycles. The molecule has 52 valence electrons. The molecule has 0 aliphatic heterocycles. The maximum Gasteiger partial charge on any atom is 0.273 e. The Morgan fingerprint density at radius 1 is 2.00 bits per heavy atom. The Balaban J connectivity index is 3.69. The summed E-state index contributed by atoms with van der Waals surface area (Å²) < 4.78 is 0. The third-order valence-corrected chi connectivity index (χ3v) is 0.625. The van der Waals surface area contributed by atoms with Crippen molar-refractivity contribution in [1.29, 1.82) is 0 Å². The summed E-state index contributed by atoms with van der Waals surface area (Å²) in [6.45, 7) is 2.40. The molecule has 0 atom stereocenters. The van der Waals surface area contributed by atoms with Crippen LogP contribution in [0.15, 0.2) is 12.0 Å². The Labute approximate surface area is 52.7 Å². The molecular formula is C4H9N3O2. The quantitative estimate of drug-likeness (QED) is 0.404. The molecule has 0 saturated carbocycles. The van der Waals surface area contributed by atoms with Gasteiger partial charge >= 0.3 is 0 Å². The zero-order valence-electron chi connectivity index (χ0n) is 5.13. The molecule has 0 aromatic heterocycles. The molecule has 0 fully saturated rings. The molecule has 0 radical (unpaired) electrons. The monoisotopic (exact) mass is 131 g/mol. The Kier molecular flexibility index (Phi) is 3.19. The van der Waals surface area contributed by atoms with Gasteiger partial charge in [0, 0.05) is 6.54 Å². The summed E-state index contributed by atoms with van der Waals surface area (Å²) in [5, 5.41) is 12.3. The maximum atomic E-state index is 9.69. The van der Waals surface area contributed by atoms with Gasteiger partial charge in [-0.25, -0.2) is 0 Å². The van der Waals surface area contributed by atoms with Gasteiger partial charge < -0.3 is 11.1 Å². The van der Waals surface area contributed by atoms with Crippen molar-refractivity contribution in [3.63, 3.8) is 0 Å². The first-order valence-corrected chi connectivity index (χ1v) is 2.51. The van der Waals surface area contributed by atoms with E-state index in [1.807, 2.05) is 0 Å². The van der Waals surface area contributed by atoms with Crippen molar-refractivity contribution in [2.24, 2.45) is 5.73 Å². The molecule has 0 spiro atoms. The molecule has 5 nitrogen and oxygen atoms in total. The summed E-state index contributed by atoms with van der Waals surface area (Å²) >= 11 is 0. The lowest BCUT2D eigenvalue weighted by Crippen LogP contribution is -2.20. The molecule has 0 unspecified atom stereocenters. The number of nitrogens with one attached hydrogen (secondary N) is 1. The van der Waals surface area contributed by atoms with Gasteiger partial charge in [-0.1, -0.05) is 0 Å². The average molecular weight is 131 g/mol.